The van der Waals surface area contributed by atoms with Gasteiger partial charge in [-0.15, -0.1) is 11.3 Å². The van der Waals surface area contributed by atoms with Gasteiger partial charge in [-0.1, -0.05) is 18.0 Å². The lowest BCUT2D eigenvalue weighted by molar-refractivity contribution is 0.628. The first kappa shape index (κ1) is 14.8. The summed E-state index contributed by atoms with van der Waals surface area (Å²) in [5.74, 6) is 0.403. The van der Waals surface area contributed by atoms with Crippen LogP contribution in [0.2, 0.25) is 5.02 Å². The Labute approximate surface area is 142 Å². The minimum Gasteiger partial charge on any atom is -0.338 e. The van der Waals surface area contributed by atoms with Gasteiger partial charge in [-0.3, -0.25) is 0 Å². The minimum absolute atomic E-state index is 0.345. The smallest absolute Gasteiger partial charge is 0.142 e. The van der Waals surface area contributed by atoms with Crippen molar-refractivity contribution in [2.45, 2.75) is 32.1 Å². The molecule has 0 spiro atoms. The zero-order chi connectivity index (χ0) is 15.8. The van der Waals surface area contributed by atoms with E-state index in [-0.39, 0.29) is 5.82 Å². The summed E-state index contributed by atoms with van der Waals surface area (Å²) in [4.78, 5) is 11.3. The molecule has 1 aromatic carbocycles. The molecule has 6 heteroatoms. The van der Waals surface area contributed by atoms with Gasteiger partial charge in [0.1, 0.15) is 22.8 Å². The summed E-state index contributed by atoms with van der Waals surface area (Å²) in [6.07, 6.45) is 7.45. The summed E-state index contributed by atoms with van der Waals surface area (Å²) < 4.78 is 13.2. The molecule has 0 atom stereocenters. The van der Waals surface area contributed by atoms with E-state index in [1.165, 1.54) is 41.8 Å². The van der Waals surface area contributed by atoms with Crippen LogP contribution in [0.3, 0.4) is 0 Å². The van der Waals surface area contributed by atoms with Crippen molar-refractivity contribution >= 4 is 44.7 Å². The molecule has 0 aliphatic heterocycles. The Bertz CT molecular complexity index is 878. The average Bonchev–Trinajstić information content (AvgIpc) is 2.73. The number of thiophene rings is 1. The second-order valence-corrected chi connectivity index (χ2v) is 7.21. The van der Waals surface area contributed by atoms with Gasteiger partial charge in [-0.05, 0) is 49.4 Å². The maximum absolute atomic E-state index is 13.2. The molecular weight excluding hydrogens is 333 g/mol. The van der Waals surface area contributed by atoms with E-state index in [1.54, 1.807) is 23.7 Å². The van der Waals surface area contributed by atoms with E-state index >= 15 is 0 Å². The van der Waals surface area contributed by atoms with Crippen molar-refractivity contribution in [3.05, 3.63) is 45.8 Å². The largest absolute Gasteiger partial charge is 0.338 e. The highest BCUT2D eigenvalue weighted by Gasteiger charge is 2.19. The van der Waals surface area contributed by atoms with E-state index in [9.17, 15) is 4.39 Å². The van der Waals surface area contributed by atoms with E-state index in [0.29, 0.717) is 10.7 Å². The van der Waals surface area contributed by atoms with Crippen molar-refractivity contribution < 1.29 is 4.39 Å². The Balaban J connectivity index is 1.82. The van der Waals surface area contributed by atoms with Gasteiger partial charge in [-0.25, -0.2) is 14.4 Å². The second kappa shape index (κ2) is 6.06. The number of nitrogens with one attached hydrogen (secondary N) is 1. The number of anilines is 2. The first-order valence-corrected chi connectivity index (χ1v) is 8.89. The minimum atomic E-state index is -0.349. The fourth-order valence-electron chi connectivity index (χ4n) is 3.08. The third-order valence-corrected chi connectivity index (χ3v) is 5.70. The van der Waals surface area contributed by atoms with Crippen LogP contribution < -0.4 is 5.32 Å². The van der Waals surface area contributed by atoms with Crippen LogP contribution in [0, 0.1) is 5.82 Å². The highest BCUT2D eigenvalue weighted by molar-refractivity contribution is 7.18. The van der Waals surface area contributed by atoms with E-state index < -0.39 is 0 Å². The molecule has 3 aromatic rings. The summed E-state index contributed by atoms with van der Waals surface area (Å²) in [6, 6.07) is 4.33. The predicted molar refractivity (Wildman–Crippen MR) is 93.4 cm³/mol. The Morgan fingerprint density at radius 3 is 2.87 bits per heavy atom. The molecule has 1 N–H and O–H groups in total. The number of hydrogen-bond donors (Lipinski definition) is 1. The number of benzene rings is 1. The lowest BCUT2D eigenvalue weighted by Gasteiger charge is -2.10. The topological polar surface area (TPSA) is 37.8 Å². The van der Waals surface area contributed by atoms with Crippen LogP contribution in [-0.4, -0.2) is 9.97 Å². The molecule has 0 saturated heterocycles. The Kier molecular flexibility index (Phi) is 3.91. The highest BCUT2D eigenvalue weighted by Crippen LogP contribution is 2.38. The third-order valence-electron chi connectivity index (χ3n) is 4.19. The van der Waals surface area contributed by atoms with Crippen LogP contribution in [0.5, 0.6) is 0 Å². The SMILES string of the molecule is Fc1ccc(Nc2ncnc3sc4c(c23)CCCCC4)c(Cl)c1. The molecule has 0 amide bonds. The molecule has 0 saturated carbocycles. The van der Waals surface area contributed by atoms with Gasteiger partial charge < -0.3 is 5.32 Å². The summed E-state index contributed by atoms with van der Waals surface area (Å²) >= 11 is 7.89. The van der Waals surface area contributed by atoms with Crippen LogP contribution in [0.1, 0.15) is 29.7 Å². The molecule has 0 fully saturated rings. The Hall–Kier alpha value is -1.72. The number of aromatic nitrogens is 2. The van der Waals surface area contributed by atoms with Crippen LogP contribution in [0.15, 0.2) is 24.5 Å². The second-order valence-electron chi connectivity index (χ2n) is 5.72. The molecule has 0 bridgehead atoms. The maximum atomic E-state index is 13.2. The summed E-state index contributed by atoms with van der Waals surface area (Å²) in [5, 5.41) is 4.69. The first-order valence-electron chi connectivity index (χ1n) is 7.69. The lowest BCUT2D eigenvalue weighted by atomic mass is 10.1. The fraction of sp³-hybridized carbons (Fsp3) is 0.294. The summed E-state index contributed by atoms with van der Waals surface area (Å²) in [7, 11) is 0. The predicted octanol–water partition coefficient (Wildman–Crippen LogP) is 5.50. The van der Waals surface area contributed by atoms with Crippen molar-refractivity contribution in [2.75, 3.05) is 5.32 Å². The molecule has 2 aromatic heterocycles. The highest BCUT2D eigenvalue weighted by atomic mass is 35.5. The number of hydrogen-bond acceptors (Lipinski definition) is 4. The van der Waals surface area contributed by atoms with Crippen molar-refractivity contribution in [3.8, 4) is 0 Å². The molecule has 4 rings (SSSR count). The zero-order valence-electron chi connectivity index (χ0n) is 12.4. The molecule has 2 heterocycles. The number of halogens is 2. The Morgan fingerprint density at radius 2 is 2.00 bits per heavy atom. The average molecular weight is 348 g/mol. The van der Waals surface area contributed by atoms with Crippen molar-refractivity contribution in [1.29, 1.82) is 0 Å². The van der Waals surface area contributed by atoms with Gasteiger partial charge in [0, 0.05) is 4.88 Å². The van der Waals surface area contributed by atoms with Crippen LogP contribution in [0.25, 0.3) is 10.2 Å². The molecule has 23 heavy (non-hydrogen) atoms. The standard InChI is InChI=1S/C17H15ClFN3S/c18-12-8-10(19)6-7-13(12)22-16-15-11-4-2-1-3-5-14(11)23-17(15)21-9-20-16/h6-9H,1-5H2,(H,20,21,22). The van der Waals surface area contributed by atoms with Gasteiger partial charge >= 0.3 is 0 Å². The number of fused-ring (bicyclic) bond motifs is 3. The molecule has 0 unspecified atom stereocenters. The number of aryl methyl sites for hydroxylation is 2. The van der Waals surface area contributed by atoms with Gasteiger partial charge in [0.2, 0.25) is 0 Å². The molecule has 3 nitrogen and oxygen atoms in total. The van der Waals surface area contributed by atoms with Crippen molar-refractivity contribution in [3.63, 3.8) is 0 Å². The first-order chi connectivity index (χ1) is 11.2. The Morgan fingerprint density at radius 1 is 1.13 bits per heavy atom. The van der Waals surface area contributed by atoms with Crippen LogP contribution >= 0.6 is 22.9 Å². The van der Waals surface area contributed by atoms with E-state index in [0.717, 1.165) is 28.9 Å². The van der Waals surface area contributed by atoms with Gasteiger partial charge in [0.15, 0.2) is 0 Å². The van der Waals surface area contributed by atoms with Crippen molar-refractivity contribution in [2.24, 2.45) is 0 Å². The fourth-order valence-corrected chi connectivity index (χ4v) is 4.52. The van der Waals surface area contributed by atoms with E-state index in [4.69, 9.17) is 11.6 Å². The maximum Gasteiger partial charge on any atom is 0.142 e. The molecule has 1 aliphatic rings. The quantitative estimate of drug-likeness (QED) is 0.622. The lowest BCUT2D eigenvalue weighted by Crippen LogP contribution is -1.97. The van der Waals surface area contributed by atoms with E-state index in [2.05, 4.69) is 15.3 Å². The number of rotatable bonds is 2. The van der Waals surface area contributed by atoms with Gasteiger partial charge in [0.05, 0.1) is 16.1 Å². The number of nitrogens with zero attached hydrogens (tertiary/aromatic N) is 2. The normalized spacial score (nSPS) is 14.5. The van der Waals surface area contributed by atoms with Gasteiger partial charge in [0.25, 0.3) is 0 Å². The van der Waals surface area contributed by atoms with E-state index in [1.807, 2.05) is 0 Å². The van der Waals surface area contributed by atoms with Crippen LogP contribution in [0.4, 0.5) is 15.9 Å². The monoisotopic (exact) mass is 347 g/mol. The molecular formula is C17H15ClFN3S. The van der Waals surface area contributed by atoms with Crippen molar-refractivity contribution in [1.82, 2.24) is 9.97 Å². The third kappa shape index (κ3) is 2.79. The van der Waals surface area contributed by atoms with Gasteiger partial charge in [-0.2, -0.15) is 0 Å². The zero-order valence-corrected chi connectivity index (χ0v) is 14.0. The molecule has 0 radical (unpaired) electrons. The molecule has 118 valence electrons. The van der Waals surface area contributed by atoms with Crippen LogP contribution in [-0.2, 0) is 12.8 Å². The molecule has 1 aliphatic carbocycles. The summed E-state index contributed by atoms with van der Waals surface area (Å²) in [5.41, 5.74) is 2.02. The summed E-state index contributed by atoms with van der Waals surface area (Å²) in [6.45, 7) is 0.